The second kappa shape index (κ2) is 9.21. The molecule has 10 heteroatoms. The minimum absolute atomic E-state index is 0.0811. The van der Waals surface area contributed by atoms with E-state index in [1.165, 1.54) is 0 Å². The van der Waals surface area contributed by atoms with Crippen LogP contribution in [-0.2, 0) is 9.59 Å². The van der Waals surface area contributed by atoms with Gasteiger partial charge in [-0.25, -0.2) is 9.59 Å². The van der Waals surface area contributed by atoms with Crippen molar-refractivity contribution in [3.05, 3.63) is 30.3 Å². The lowest BCUT2D eigenvalue weighted by atomic mass is 10.3. The maximum absolute atomic E-state index is 11.2. The van der Waals surface area contributed by atoms with Crippen molar-refractivity contribution < 1.29 is 37.8 Å². The van der Waals surface area contributed by atoms with Crippen LogP contribution in [0.2, 0.25) is 0 Å². The Labute approximate surface area is 122 Å². The number of carbonyl (C=O) groups is 3. The third-order valence-corrected chi connectivity index (χ3v) is 1.90. The second-order valence-electron chi connectivity index (χ2n) is 3.69. The predicted molar refractivity (Wildman–Crippen MR) is 69.4 cm³/mol. The topological polar surface area (TPSA) is 116 Å². The molecule has 0 aliphatic carbocycles. The number of carboxylic acids is 2. The molecule has 0 aliphatic heterocycles. The number of nitrogens with one attached hydrogen (secondary N) is 2. The third kappa shape index (κ3) is 10.1. The molecular formula is C12H13F3N2O5. The number of hydrogen-bond acceptors (Lipinski definition) is 3. The molecule has 1 rings (SSSR count). The lowest BCUT2D eigenvalue weighted by Gasteiger charge is -2.05. The van der Waals surface area contributed by atoms with Crippen LogP contribution in [0, 0.1) is 0 Å². The highest BCUT2D eigenvalue weighted by atomic mass is 19.4. The normalized spacial score (nSPS) is 9.95. The molecule has 7 nitrogen and oxygen atoms in total. The molecule has 2 amide bonds. The average Bonchev–Trinajstić information content (AvgIpc) is 2.39. The number of para-hydroxylation sites is 1. The Hall–Kier alpha value is -2.78. The van der Waals surface area contributed by atoms with Gasteiger partial charge in [0.15, 0.2) is 0 Å². The summed E-state index contributed by atoms with van der Waals surface area (Å²) in [5.74, 6) is -3.69. The minimum atomic E-state index is -5.08. The Bertz CT molecular complexity index is 505. The van der Waals surface area contributed by atoms with Gasteiger partial charge in [0, 0.05) is 12.2 Å². The van der Waals surface area contributed by atoms with Gasteiger partial charge in [-0.2, -0.15) is 13.2 Å². The molecule has 0 atom stereocenters. The van der Waals surface area contributed by atoms with Crippen LogP contribution in [0.3, 0.4) is 0 Å². The average molecular weight is 322 g/mol. The molecule has 0 unspecified atom stereocenters. The largest absolute Gasteiger partial charge is 0.490 e. The van der Waals surface area contributed by atoms with E-state index in [2.05, 4.69) is 10.6 Å². The third-order valence-electron chi connectivity index (χ3n) is 1.90. The number of rotatable bonds is 4. The van der Waals surface area contributed by atoms with Gasteiger partial charge in [-0.05, 0) is 12.1 Å². The highest BCUT2D eigenvalue weighted by Gasteiger charge is 2.38. The SMILES string of the molecule is O=C(O)C(F)(F)F.O=C(O)CCNC(=O)Nc1ccccc1. The van der Waals surface area contributed by atoms with Crippen molar-refractivity contribution >= 4 is 23.7 Å². The summed E-state index contributed by atoms with van der Waals surface area (Å²) in [6, 6.07) is 8.53. The van der Waals surface area contributed by atoms with Crippen LogP contribution in [0.1, 0.15) is 6.42 Å². The number of benzene rings is 1. The van der Waals surface area contributed by atoms with Gasteiger partial charge in [0.05, 0.1) is 6.42 Å². The molecule has 0 spiro atoms. The molecule has 4 N–H and O–H groups in total. The minimum Gasteiger partial charge on any atom is -0.481 e. The first kappa shape index (κ1) is 19.2. The Morgan fingerprint density at radius 2 is 1.55 bits per heavy atom. The number of aliphatic carboxylic acids is 2. The number of hydrogen-bond donors (Lipinski definition) is 4. The molecule has 1 aromatic rings. The molecule has 1 aromatic carbocycles. The predicted octanol–water partition coefficient (Wildman–Crippen LogP) is 1.92. The van der Waals surface area contributed by atoms with Crippen LogP contribution in [0.15, 0.2) is 30.3 Å². The van der Waals surface area contributed by atoms with Gasteiger partial charge in [0.2, 0.25) is 0 Å². The van der Waals surface area contributed by atoms with Crippen molar-refractivity contribution in [2.75, 3.05) is 11.9 Å². The van der Waals surface area contributed by atoms with Crippen LogP contribution in [0.25, 0.3) is 0 Å². The molecule has 122 valence electrons. The van der Waals surface area contributed by atoms with E-state index in [1.807, 2.05) is 6.07 Å². The van der Waals surface area contributed by atoms with E-state index < -0.39 is 24.1 Å². The van der Waals surface area contributed by atoms with Gasteiger partial charge in [0.25, 0.3) is 0 Å². The zero-order valence-corrected chi connectivity index (χ0v) is 11.1. The molecule has 0 radical (unpaired) electrons. The first-order valence-electron chi connectivity index (χ1n) is 5.74. The van der Waals surface area contributed by atoms with E-state index in [0.717, 1.165) is 0 Å². The van der Waals surface area contributed by atoms with E-state index in [-0.39, 0.29) is 13.0 Å². The van der Waals surface area contributed by atoms with Crippen molar-refractivity contribution in [1.29, 1.82) is 0 Å². The van der Waals surface area contributed by atoms with Crippen LogP contribution in [0.5, 0.6) is 0 Å². The summed E-state index contributed by atoms with van der Waals surface area (Å²) in [6.45, 7) is 0.119. The highest BCUT2D eigenvalue weighted by molar-refractivity contribution is 5.89. The van der Waals surface area contributed by atoms with Crippen molar-refractivity contribution in [3.63, 3.8) is 0 Å². The molecular weight excluding hydrogens is 309 g/mol. The Kier molecular flexibility index (Phi) is 8.05. The number of carbonyl (C=O) groups excluding carboxylic acids is 1. The molecule has 0 saturated heterocycles. The maximum Gasteiger partial charge on any atom is 0.490 e. The summed E-state index contributed by atoms with van der Waals surface area (Å²) in [5.41, 5.74) is 0.672. The summed E-state index contributed by atoms with van der Waals surface area (Å²) in [5, 5.41) is 20.5. The molecule has 0 fully saturated rings. The first-order valence-corrected chi connectivity index (χ1v) is 5.74. The van der Waals surface area contributed by atoms with E-state index in [0.29, 0.717) is 5.69 Å². The molecule has 0 saturated carbocycles. The molecule has 0 aromatic heterocycles. The summed E-state index contributed by atoms with van der Waals surface area (Å²) in [4.78, 5) is 30.2. The monoisotopic (exact) mass is 322 g/mol. The Morgan fingerprint density at radius 3 is 1.95 bits per heavy atom. The fourth-order valence-corrected chi connectivity index (χ4v) is 0.980. The standard InChI is InChI=1S/C10H12N2O3.C2HF3O2/c13-9(14)6-7-11-10(15)12-8-4-2-1-3-5-8;3-2(4,5)1(6)7/h1-5H,6-7H2,(H,13,14)(H2,11,12,15);(H,6,7). The number of amides is 2. The number of alkyl halides is 3. The van der Waals surface area contributed by atoms with E-state index in [4.69, 9.17) is 15.0 Å². The first-order chi connectivity index (χ1) is 10.1. The van der Waals surface area contributed by atoms with Crippen LogP contribution < -0.4 is 10.6 Å². The summed E-state index contributed by atoms with van der Waals surface area (Å²) >= 11 is 0. The van der Waals surface area contributed by atoms with Crippen molar-refractivity contribution in [1.82, 2.24) is 5.32 Å². The van der Waals surface area contributed by atoms with Gasteiger partial charge in [-0.1, -0.05) is 18.2 Å². The number of halogens is 3. The zero-order valence-electron chi connectivity index (χ0n) is 11.1. The highest BCUT2D eigenvalue weighted by Crippen LogP contribution is 2.13. The van der Waals surface area contributed by atoms with Gasteiger partial charge >= 0.3 is 24.1 Å². The van der Waals surface area contributed by atoms with Gasteiger partial charge in [0.1, 0.15) is 0 Å². The van der Waals surface area contributed by atoms with Crippen LogP contribution in [-0.4, -0.2) is 40.9 Å². The lowest BCUT2D eigenvalue weighted by Crippen LogP contribution is -2.30. The lowest BCUT2D eigenvalue weighted by molar-refractivity contribution is -0.192. The van der Waals surface area contributed by atoms with Crippen molar-refractivity contribution in [2.45, 2.75) is 12.6 Å². The second-order valence-corrected chi connectivity index (χ2v) is 3.69. The number of carboxylic acid groups (broad SMARTS) is 2. The fraction of sp³-hybridized carbons (Fsp3) is 0.250. The van der Waals surface area contributed by atoms with Crippen molar-refractivity contribution in [2.24, 2.45) is 0 Å². The molecule has 0 heterocycles. The Balaban J connectivity index is 0.000000534. The summed E-state index contributed by atoms with van der Waals surface area (Å²) in [6.07, 6.45) is -5.16. The van der Waals surface area contributed by atoms with Crippen LogP contribution >= 0.6 is 0 Å². The van der Waals surface area contributed by atoms with Gasteiger partial charge < -0.3 is 20.8 Å². The number of anilines is 1. The molecule has 0 aliphatic rings. The van der Waals surface area contributed by atoms with Gasteiger partial charge in [-0.15, -0.1) is 0 Å². The van der Waals surface area contributed by atoms with Crippen molar-refractivity contribution in [3.8, 4) is 0 Å². The summed E-state index contributed by atoms with van der Waals surface area (Å²) in [7, 11) is 0. The quantitative estimate of drug-likeness (QED) is 0.676. The maximum atomic E-state index is 11.2. The number of urea groups is 1. The Morgan fingerprint density at radius 1 is 1.05 bits per heavy atom. The zero-order chi connectivity index (χ0) is 17.2. The van der Waals surface area contributed by atoms with Crippen LogP contribution in [0.4, 0.5) is 23.7 Å². The van der Waals surface area contributed by atoms with E-state index in [1.54, 1.807) is 24.3 Å². The fourth-order valence-electron chi connectivity index (χ4n) is 0.980. The molecule has 0 bridgehead atoms. The smallest absolute Gasteiger partial charge is 0.481 e. The summed E-state index contributed by atoms with van der Waals surface area (Å²) < 4.78 is 31.7. The van der Waals surface area contributed by atoms with Gasteiger partial charge in [-0.3, -0.25) is 4.79 Å². The van der Waals surface area contributed by atoms with E-state index >= 15 is 0 Å². The van der Waals surface area contributed by atoms with E-state index in [9.17, 15) is 22.8 Å². The molecule has 22 heavy (non-hydrogen) atoms.